The van der Waals surface area contributed by atoms with Gasteiger partial charge in [-0.2, -0.15) is 11.3 Å². The molecule has 1 fully saturated rings. The lowest BCUT2D eigenvalue weighted by molar-refractivity contribution is -0.132. The molecule has 1 aromatic heterocycles. The number of nitrogens with one attached hydrogen (secondary N) is 1. The molecule has 1 aliphatic heterocycles. The summed E-state index contributed by atoms with van der Waals surface area (Å²) in [7, 11) is 0. The first-order valence-corrected chi connectivity index (χ1v) is 9.61. The van der Waals surface area contributed by atoms with Crippen LogP contribution < -0.4 is 5.32 Å². The summed E-state index contributed by atoms with van der Waals surface area (Å²) in [6.45, 7) is 4.32. The third-order valence-electron chi connectivity index (χ3n) is 4.49. The van der Waals surface area contributed by atoms with Gasteiger partial charge in [0, 0.05) is 50.2 Å². The van der Waals surface area contributed by atoms with E-state index in [4.69, 9.17) is 0 Å². The van der Waals surface area contributed by atoms with E-state index in [2.05, 4.69) is 10.2 Å². The van der Waals surface area contributed by atoms with Crippen LogP contribution in [0.2, 0.25) is 0 Å². The van der Waals surface area contributed by atoms with Crippen molar-refractivity contribution in [3.05, 3.63) is 58.0 Å². The highest BCUT2D eigenvalue weighted by atomic mass is 35.5. The number of piperazine rings is 1. The van der Waals surface area contributed by atoms with Gasteiger partial charge in [-0.25, -0.2) is 4.39 Å². The van der Waals surface area contributed by atoms with E-state index in [1.165, 1.54) is 23.5 Å². The lowest BCUT2D eigenvalue weighted by atomic mass is 10.1. The second kappa shape index (κ2) is 10.4. The van der Waals surface area contributed by atoms with Gasteiger partial charge in [-0.3, -0.25) is 14.5 Å². The Bertz CT molecular complexity index is 732. The Kier molecular flexibility index (Phi) is 8.22. The van der Waals surface area contributed by atoms with Crippen LogP contribution in [0.25, 0.3) is 0 Å². The van der Waals surface area contributed by atoms with Gasteiger partial charge in [0.2, 0.25) is 5.91 Å². The van der Waals surface area contributed by atoms with Crippen molar-refractivity contribution in [2.24, 2.45) is 0 Å². The van der Waals surface area contributed by atoms with Gasteiger partial charge in [-0.05, 0) is 29.1 Å². The Hall–Kier alpha value is -1.96. The Morgan fingerprint density at radius 3 is 2.41 bits per heavy atom. The molecule has 5 nitrogen and oxygen atoms in total. The molecule has 3 rings (SSSR count). The molecule has 0 spiro atoms. The summed E-state index contributed by atoms with van der Waals surface area (Å²) in [5, 5.41) is 6.64. The van der Waals surface area contributed by atoms with Crippen LogP contribution >= 0.6 is 23.7 Å². The van der Waals surface area contributed by atoms with Crippen molar-refractivity contribution >= 4 is 35.6 Å². The summed E-state index contributed by atoms with van der Waals surface area (Å²) in [5.74, 6) is -0.262. The van der Waals surface area contributed by atoms with Crippen LogP contribution in [-0.4, -0.2) is 60.9 Å². The van der Waals surface area contributed by atoms with Gasteiger partial charge in [0.1, 0.15) is 5.82 Å². The minimum absolute atomic E-state index is 0. The number of amides is 2. The topological polar surface area (TPSA) is 52.7 Å². The van der Waals surface area contributed by atoms with Gasteiger partial charge in [0.25, 0.3) is 5.91 Å². The number of benzene rings is 1. The Labute approximate surface area is 168 Å². The number of nitrogens with zero attached hydrogens (tertiary/aromatic N) is 2. The lowest BCUT2D eigenvalue weighted by Gasteiger charge is -2.34. The summed E-state index contributed by atoms with van der Waals surface area (Å²) in [6.07, 6.45) is 0.303. The molecule has 2 aromatic rings. The van der Waals surface area contributed by atoms with Crippen LogP contribution in [0.3, 0.4) is 0 Å². The minimum atomic E-state index is -0.291. The third-order valence-corrected chi connectivity index (χ3v) is 5.17. The Balaban J connectivity index is 0.00000261. The standard InChI is InChI=1S/C19H22FN3O2S.ClH/c20-17-3-1-15(2-4-17)13-18(24)23-10-8-22(9-11-23)7-6-21-19(25)16-5-12-26-14-16;/h1-5,12,14H,6-11,13H2,(H,21,25);1H. The van der Waals surface area contributed by atoms with Crippen molar-refractivity contribution in [2.45, 2.75) is 6.42 Å². The van der Waals surface area contributed by atoms with E-state index in [-0.39, 0.29) is 30.0 Å². The van der Waals surface area contributed by atoms with Crippen molar-refractivity contribution in [1.82, 2.24) is 15.1 Å². The fraction of sp³-hybridized carbons (Fsp3) is 0.368. The molecule has 2 amide bonds. The predicted octanol–water partition coefficient (Wildman–Crippen LogP) is 2.43. The molecule has 1 saturated heterocycles. The second-order valence-corrected chi connectivity index (χ2v) is 7.07. The molecule has 27 heavy (non-hydrogen) atoms. The zero-order valence-corrected chi connectivity index (χ0v) is 16.5. The highest BCUT2D eigenvalue weighted by molar-refractivity contribution is 7.08. The predicted molar refractivity (Wildman–Crippen MR) is 107 cm³/mol. The van der Waals surface area contributed by atoms with Gasteiger partial charge >= 0.3 is 0 Å². The SMILES string of the molecule is Cl.O=C(NCCN1CCN(C(=O)Cc2ccc(F)cc2)CC1)c1ccsc1. The van der Waals surface area contributed by atoms with Gasteiger partial charge in [-0.15, -0.1) is 12.4 Å². The van der Waals surface area contributed by atoms with E-state index in [0.717, 1.165) is 25.2 Å². The number of halogens is 2. The fourth-order valence-electron chi connectivity index (χ4n) is 2.93. The monoisotopic (exact) mass is 411 g/mol. The highest BCUT2D eigenvalue weighted by Gasteiger charge is 2.21. The zero-order chi connectivity index (χ0) is 18.4. The lowest BCUT2D eigenvalue weighted by Crippen LogP contribution is -2.50. The molecule has 0 radical (unpaired) electrons. The summed E-state index contributed by atoms with van der Waals surface area (Å²) in [4.78, 5) is 28.3. The first-order chi connectivity index (χ1) is 12.6. The second-order valence-electron chi connectivity index (χ2n) is 6.29. The maximum Gasteiger partial charge on any atom is 0.252 e. The molecule has 1 N–H and O–H groups in total. The number of thiophene rings is 1. The summed E-state index contributed by atoms with van der Waals surface area (Å²) < 4.78 is 12.9. The van der Waals surface area contributed by atoms with Crippen molar-refractivity contribution in [3.63, 3.8) is 0 Å². The molecule has 0 saturated carbocycles. The van der Waals surface area contributed by atoms with E-state index >= 15 is 0 Å². The van der Waals surface area contributed by atoms with E-state index < -0.39 is 0 Å². The number of carbonyl (C=O) groups excluding carboxylic acids is 2. The van der Waals surface area contributed by atoms with Crippen LogP contribution in [0.5, 0.6) is 0 Å². The van der Waals surface area contributed by atoms with Crippen molar-refractivity contribution in [3.8, 4) is 0 Å². The quantitative estimate of drug-likeness (QED) is 0.794. The number of hydrogen-bond donors (Lipinski definition) is 1. The van der Waals surface area contributed by atoms with Crippen LogP contribution in [-0.2, 0) is 11.2 Å². The van der Waals surface area contributed by atoms with Crippen LogP contribution in [0.1, 0.15) is 15.9 Å². The normalized spacial score (nSPS) is 14.5. The van der Waals surface area contributed by atoms with Crippen molar-refractivity contribution in [1.29, 1.82) is 0 Å². The summed E-state index contributed by atoms with van der Waals surface area (Å²) >= 11 is 1.51. The summed E-state index contributed by atoms with van der Waals surface area (Å²) in [5.41, 5.74) is 1.53. The highest BCUT2D eigenvalue weighted by Crippen LogP contribution is 2.08. The Morgan fingerprint density at radius 2 is 1.78 bits per heavy atom. The van der Waals surface area contributed by atoms with E-state index in [1.807, 2.05) is 21.7 Å². The van der Waals surface area contributed by atoms with E-state index in [1.54, 1.807) is 12.1 Å². The van der Waals surface area contributed by atoms with Crippen molar-refractivity contribution < 1.29 is 14.0 Å². The van der Waals surface area contributed by atoms with E-state index in [9.17, 15) is 14.0 Å². The van der Waals surface area contributed by atoms with Gasteiger partial charge in [0.15, 0.2) is 0 Å². The molecule has 1 aromatic carbocycles. The average molecular weight is 412 g/mol. The average Bonchev–Trinajstić information content (AvgIpc) is 3.19. The first-order valence-electron chi connectivity index (χ1n) is 8.67. The van der Waals surface area contributed by atoms with Crippen LogP contribution in [0.4, 0.5) is 4.39 Å². The molecule has 0 aliphatic carbocycles. The summed E-state index contributed by atoms with van der Waals surface area (Å²) in [6, 6.07) is 7.88. The smallest absolute Gasteiger partial charge is 0.252 e. The minimum Gasteiger partial charge on any atom is -0.351 e. The largest absolute Gasteiger partial charge is 0.351 e. The van der Waals surface area contributed by atoms with Crippen LogP contribution in [0.15, 0.2) is 41.1 Å². The Morgan fingerprint density at radius 1 is 1.07 bits per heavy atom. The maximum atomic E-state index is 12.9. The molecule has 146 valence electrons. The van der Waals surface area contributed by atoms with Gasteiger partial charge in [0.05, 0.1) is 6.42 Å². The number of hydrogen-bond acceptors (Lipinski definition) is 4. The van der Waals surface area contributed by atoms with Crippen LogP contribution in [0, 0.1) is 5.82 Å². The number of rotatable bonds is 6. The molecule has 0 atom stereocenters. The van der Waals surface area contributed by atoms with E-state index in [0.29, 0.717) is 31.6 Å². The molecule has 2 heterocycles. The maximum absolute atomic E-state index is 12.9. The molecule has 1 aliphatic rings. The fourth-order valence-corrected chi connectivity index (χ4v) is 3.57. The molecule has 0 unspecified atom stereocenters. The molecule has 0 bridgehead atoms. The number of carbonyl (C=O) groups is 2. The molecule has 8 heteroatoms. The molecular formula is C19H23ClFN3O2S. The van der Waals surface area contributed by atoms with Crippen molar-refractivity contribution in [2.75, 3.05) is 39.3 Å². The van der Waals surface area contributed by atoms with Gasteiger partial charge < -0.3 is 10.2 Å². The first kappa shape index (κ1) is 21.3. The zero-order valence-electron chi connectivity index (χ0n) is 14.9. The molecular weight excluding hydrogens is 389 g/mol. The third kappa shape index (κ3) is 6.30. The van der Waals surface area contributed by atoms with Gasteiger partial charge in [-0.1, -0.05) is 12.1 Å².